The first-order chi connectivity index (χ1) is 10.5. The zero-order valence-electron chi connectivity index (χ0n) is 11.8. The molecular weight excluding hydrogens is 288 g/mol. The third-order valence-corrected chi connectivity index (χ3v) is 3.86. The van der Waals surface area contributed by atoms with Crippen molar-refractivity contribution in [1.29, 1.82) is 0 Å². The second kappa shape index (κ2) is 5.76. The summed E-state index contributed by atoms with van der Waals surface area (Å²) < 4.78 is 5.21. The molecule has 7 nitrogen and oxygen atoms in total. The summed E-state index contributed by atoms with van der Waals surface area (Å²) in [6.45, 7) is 0. The van der Waals surface area contributed by atoms with Crippen LogP contribution in [-0.4, -0.2) is 35.1 Å². The number of aryl methyl sites for hydroxylation is 1. The summed E-state index contributed by atoms with van der Waals surface area (Å²) in [5.74, 6) is -1.40. The highest BCUT2D eigenvalue weighted by Gasteiger charge is 2.34. The molecule has 1 fully saturated rings. The van der Waals surface area contributed by atoms with E-state index in [9.17, 15) is 14.4 Å². The zero-order valence-corrected chi connectivity index (χ0v) is 11.8. The van der Waals surface area contributed by atoms with Crippen molar-refractivity contribution in [2.75, 3.05) is 10.6 Å². The number of carbonyl (C=O) groups is 3. The molecule has 0 radical (unpaired) electrons. The van der Waals surface area contributed by atoms with E-state index in [0.717, 1.165) is 11.3 Å². The largest absolute Gasteiger partial charge is 0.479 e. The minimum Gasteiger partial charge on any atom is -0.479 e. The Morgan fingerprint density at radius 1 is 1.23 bits per heavy atom. The lowest BCUT2D eigenvalue weighted by Crippen LogP contribution is -2.30. The van der Waals surface area contributed by atoms with Gasteiger partial charge in [0.15, 0.2) is 6.10 Å². The molecule has 7 heteroatoms. The van der Waals surface area contributed by atoms with Crippen molar-refractivity contribution < 1.29 is 24.2 Å². The molecule has 2 amide bonds. The number of nitrogens with one attached hydrogen (secondary N) is 2. The predicted molar refractivity (Wildman–Crippen MR) is 77.6 cm³/mol. The Morgan fingerprint density at radius 2 is 2.00 bits per heavy atom. The number of anilines is 2. The molecule has 0 aliphatic carbocycles. The van der Waals surface area contributed by atoms with Crippen LogP contribution in [-0.2, 0) is 25.5 Å². The van der Waals surface area contributed by atoms with E-state index in [-0.39, 0.29) is 11.8 Å². The van der Waals surface area contributed by atoms with E-state index >= 15 is 0 Å². The highest BCUT2D eigenvalue weighted by Crippen LogP contribution is 2.27. The summed E-state index contributed by atoms with van der Waals surface area (Å²) in [6.07, 6.45) is 0.141. The van der Waals surface area contributed by atoms with Gasteiger partial charge in [-0.1, -0.05) is 0 Å². The molecule has 1 saturated heterocycles. The minimum atomic E-state index is -1.04. The van der Waals surface area contributed by atoms with Gasteiger partial charge in [-0.2, -0.15) is 0 Å². The quantitative estimate of drug-likeness (QED) is 0.776. The van der Waals surface area contributed by atoms with Gasteiger partial charge in [0.2, 0.25) is 5.91 Å². The number of hydrogen-bond donors (Lipinski definition) is 3. The number of fused-ring (bicyclic) bond motifs is 1. The summed E-state index contributed by atoms with van der Waals surface area (Å²) in [5.41, 5.74) is 2.34. The second-order valence-electron chi connectivity index (χ2n) is 5.44. The lowest BCUT2D eigenvalue weighted by molar-refractivity contribution is -0.150. The van der Waals surface area contributed by atoms with Crippen LogP contribution in [0.25, 0.3) is 0 Å². The first-order valence-electron chi connectivity index (χ1n) is 7.15. The fourth-order valence-corrected chi connectivity index (χ4v) is 2.70. The number of hydrogen-bond acceptors (Lipinski definition) is 4. The van der Waals surface area contributed by atoms with Crippen LogP contribution in [0.5, 0.6) is 0 Å². The molecule has 0 spiro atoms. The van der Waals surface area contributed by atoms with Crippen LogP contribution < -0.4 is 10.6 Å². The van der Waals surface area contributed by atoms with Gasteiger partial charge in [-0.3, -0.25) is 9.59 Å². The lowest BCUT2D eigenvalue weighted by Gasteiger charge is -2.18. The lowest BCUT2D eigenvalue weighted by atomic mass is 10.0. The molecule has 0 aromatic heterocycles. The van der Waals surface area contributed by atoms with E-state index < -0.39 is 18.2 Å². The fourth-order valence-electron chi connectivity index (χ4n) is 2.70. The normalized spacial score (nSPS) is 23.5. The van der Waals surface area contributed by atoms with Crippen molar-refractivity contribution in [2.45, 2.75) is 37.9 Å². The number of amides is 2. The molecular formula is C15H16N2O5. The minimum absolute atomic E-state index is 0.0108. The number of ether oxygens (including phenoxy) is 1. The summed E-state index contributed by atoms with van der Waals surface area (Å²) in [6, 6.07) is 5.26. The first-order valence-corrected chi connectivity index (χ1v) is 7.15. The van der Waals surface area contributed by atoms with Crippen molar-refractivity contribution in [1.82, 2.24) is 0 Å². The number of carboxylic acid groups (broad SMARTS) is 1. The Labute approximate surface area is 126 Å². The molecule has 3 rings (SSSR count). The molecule has 0 saturated carbocycles. The highest BCUT2D eigenvalue weighted by atomic mass is 16.5. The Bertz CT molecular complexity index is 643. The van der Waals surface area contributed by atoms with Crippen LogP contribution in [0.1, 0.15) is 24.8 Å². The number of aliphatic carboxylic acids is 1. The molecule has 2 aliphatic heterocycles. The van der Waals surface area contributed by atoms with Crippen LogP contribution in [0.4, 0.5) is 11.4 Å². The molecule has 0 unspecified atom stereocenters. The molecule has 2 aliphatic rings. The second-order valence-corrected chi connectivity index (χ2v) is 5.44. The van der Waals surface area contributed by atoms with Gasteiger partial charge < -0.3 is 20.5 Å². The number of carboxylic acids is 1. The fraction of sp³-hybridized carbons (Fsp3) is 0.400. The van der Waals surface area contributed by atoms with Gasteiger partial charge in [-0.05, 0) is 43.0 Å². The van der Waals surface area contributed by atoms with Crippen LogP contribution >= 0.6 is 0 Å². The van der Waals surface area contributed by atoms with Crippen LogP contribution in [0.15, 0.2) is 18.2 Å². The summed E-state index contributed by atoms with van der Waals surface area (Å²) in [7, 11) is 0. The standard InChI is InChI=1S/C15H16N2O5/c18-13-6-1-8-7-9(2-3-10(8)17-13)16-14(19)11-4-5-12(22-11)15(20)21/h2-3,7,11-12H,1,4-6H2,(H,16,19)(H,17,18)(H,20,21)/t11-,12+/m0/s1. The number of rotatable bonds is 3. The van der Waals surface area contributed by atoms with Crippen molar-refractivity contribution in [3.63, 3.8) is 0 Å². The van der Waals surface area contributed by atoms with Gasteiger partial charge in [0.1, 0.15) is 6.10 Å². The average molecular weight is 304 g/mol. The van der Waals surface area contributed by atoms with Gasteiger partial charge in [0, 0.05) is 17.8 Å². The first kappa shape index (κ1) is 14.5. The van der Waals surface area contributed by atoms with Gasteiger partial charge in [-0.25, -0.2) is 4.79 Å². The van der Waals surface area contributed by atoms with Crippen LogP contribution in [0.3, 0.4) is 0 Å². The Kier molecular flexibility index (Phi) is 3.81. The monoisotopic (exact) mass is 304 g/mol. The van der Waals surface area contributed by atoms with Crippen molar-refractivity contribution >= 4 is 29.2 Å². The topological polar surface area (TPSA) is 105 Å². The molecule has 1 aromatic rings. The van der Waals surface area contributed by atoms with E-state index in [0.29, 0.717) is 31.4 Å². The van der Waals surface area contributed by atoms with E-state index in [2.05, 4.69) is 10.6 Å². The van der Waals surface area contributed by atoms with Gasteiger partial charge in [0.25, 0.3) is 5.91 Å². The predicted octanol–water partition coefficient (Wildman–Crippen LogP) is 1.14. The summed E-state index contributed by atoms with van der Waals surface area (Å²) in [4.78, 5) is 34.2. The van der Waals surface area contributed by atoms with E-state index in [4.69, 9.17) is 9.84 Å². The zero-order chi connectivity index (χ0) is 15.7. The number of benzene rings is 1. The Morgan fingerprint density at radius 3 is 2.73 bits per heavy atom. The molecule has 3 N–H and O–H groups in total. The Balaban J connectivity index is 1.65. The Hall–Kier alpha value is -2.41. The molecule has 0 bridgehead atoms. The van der Waals surface area contributed by atoms with Gasteiger partial charge in [-0.15, -0.1) is 0 Å². The molecule has 1 aromatic carbocycles. The summed E-state index contributed by atoms with van der Waals surface area (Å²) in [5, 5.41) is 14.4. The van der Waals surface area contributed by atoms with E-state index in [1.165, 1.54) is 0 Å². The maximum absolute atomic E-state index is 12.1. The molecule has 2 atom stereocenters. The molecule has 22 heavy (non-hydrogen) atoms. The van der Waals surface area contributed by atoms with Crippen LogP contribution in [0, 0.1) is 0 Å². The SMILES string of the molecule is O=C1CCc2cc(NC(=O)[C@@H]3CC[C@H](C(=O)O)O3)ccc2N1. The average Bonchev–Trinajstić information content (AvgIpc) is 2.97. The maximum atomic E-state index is 12.1. The van der Waals surface area contributed by atoms with Gasteiger partial charge in [0.05, 0.1) is 0 Å². The third kappa shape index (κ3) is 2.94. The van der Waals surface area contributed by atoms with Crippen molar-refractivity contribution in [2.24, 2.45) is 0 Å². The third-order valence-electron chi connectivity index (χ3n) is 3.86. The van der Waals surface area contributed by atoms with Gasteiger partial charge >= 0.3 is 5.97 Å². The smallest absolute Gasteiger partial charge is 0.332 e. The molecule has 2 heterocycles. The van der Waals surface area contributed by atoms with E-state index in [1.54, 1.807) is 12.1 Å². The van der Waals surface area contributed by atoms with Crippen LogP contribution in [0.2, 0.25) is 0 Å². The van der Waals surface area contributed by atoms with Crippen molar-refractivity contribution in [3.8, 4) is 0 Å². The van der Waals surface area contributed by atoms with Crippen molar-refractivity contribution in [3.05, 3.63) is 23.8 Å². The summed E-state index contributed by atoms with van der Waals surface area (Å²) >= 11 is 0. The number of carbonyl (C=O) groups excluding carboxylic acids is 2. The highest BCUT2D eigenvalue weighted by molar-refractivity contribution is 5.97. The maximum Gasteiger partial charge on any atom is 0.332 e. The van der Waals surface area contributed by atoms with E-state index in [1.807, 2.05) is 6.07 Å². The molecule has 116 valence electrons.